The molecule has 3 aromatic rings. The van der Waals surface area contributed by atoms with E-state index in [1.54, 1.807) is 31.2 Å². The predicted octanol–water partition coefficient (Wildman–Crippen LogP) is 6.52. The first-order chi connectivity index (χ1) is 18.0. The van der Waals surface area contributed by atoms with E-state index < -0.39 is 35.6 Å². The fourth-order valence-corrected chi connectivity index (χ4v) is 5.76. The zero-order valence-electron chi connectivity index (χ0n) is 19.9. The molecular weight excluding hydrogens is 581 g/mol. The van der Waals surface area contributed by atoms with E-state index in [1.165, 1.54) is 31.3 Å². The van der Waals surface area contributed by atoms with Gasteiger partial charge in [-0.2, -0.15) is 0 Å². The van der Waals surface area contributed by atoms with Crippen molar-refractivity contribution >= 4 is 69.8 Å². The second-order valence-electron chi connectivity index (χ2n) is 8.63. The topological polar surface area (TPSA) is 76.1 Å². The molecular formula is C26H17Cl4FN2O5. The van der Waals surface area contributed by atoms with Crippen LogP contribution in [0.25, 0.3) is 0 Å². The highest BCUT2D eigenvalue weighted by Gasteiger charge is 2.59. The summed E-state index contributed by atoms with van der Waals surface area (Å²) in [4.78, 5) is 43.0. The maximum absolute atomic E-state index is 14.5. The molecule has 0 N–H and O–H groups in total. The molecule has 0 unspecified atom stereocenters. The van der Waals surface area contributed by atoms with Crippen molar-refractivity contribution in [1.82, 2.24) is 4.90 Å². The molecule has 0 spiro atoms. The molecule has 3 aromatic carbocycles. The number of ether oxygens (including phenoxy) is 2. The lowest BCUT2D eigenvalue weighted by Gasteiger charge is -2.50. The van der Waals surface area contributed by atoms with E-state index in [0.717, 1.165) is 4.90 Å². The average Bonchev–Trinajstić information content (AvgIpc) is 3.16. The van der Waals surface area contributed by atoms with Crippen molar-refractivity contribution in [2.24, 2.45) is 0 Å². The van der Waals surface area contributed by atoms with Crippen LogP contribution in [-0.2, 0) is 4.79 Å². The summed E-state index contributed by atoms with van der Waals surface area (Å²) in [6, 6.07) is 6.87. The summed E-state index contributed by atoms with van der Waals surface area (Å²) in [6.07, 6.45) is 0. The number of amides is 3. The zero-order valence-corrected chi connectivity index (χ0v) is 23.0. The molecule has 0 radical (unpaired) electrons. The Morgan fingerprint density at radius 3 is 1.89 bits per heavy atom. The van der Waals surface area contributed by atoms with E-state index in [4.69, 9.17) is 55.9 Å². The number of methoxy groups -OCH3 is 2. The van der Waals surface area contributed by atoms with Gasteiger partial charge in [0.25, 0.3) is 17.7 Å². The molecule has 12 heteroatoms. The van der Waals surface area contributed by atoms with E-state index in [-0.39, 0.29) is 36.9 Å². The number of rotatable bonds is 5. The number of β-lactam (4-membered cyclic amide) rings is 1. The summed E-state index contributed by atoms with van der Waals surface area (Å²) in [6.45, 7) is 1.59. The molecule has 7 nitrogen and oxygen atoms in total. The Kier molecular flexibility index (Phi) is 6.72. The molecule has 2 heterocycles. The Hall–Kier alpha value is -3.04. The Morgan fingerprint density at radius 2 is 1.37 bits per heavy atom. The minimum Gasteiger partial charge on any atom is -0.497 e. The minimum atomic E-state index is -1.35. The van der Waals surface area contributed by atoms with Crippen molar-refractivity contribution in [2.75, 3.05) is 19.1 Å². The van der Waals surface area contributed by atoms with Crippen LogP contribution in [0.5, 0.6) is 11.5 Å². The van der Waals surface area contributed by atoms with Gasteiger partial charge in [0, 0.05) is 11.3 Å². The maximum atomic E-state index is 14.5. The Bertz CT molecular complexity index is 1520. The molecule has 2 atom stereocenters. The Morgan fingerprint density at radius 1 is 0.763 bits per heavy atom. The monoisotopic (exact) mass is 596 g/mol. The van der Waals surface area contributed by atoms with Crippen LogP contribution in [0.15, 0.2) is 36.4 Å². The first-order valence-corrected chi connectivity index (χ1v) is 12.6. The third kappa shape index (κ3) is 3.73. The fraction of sp³-hybridized carbons (Fsp3) is 0.192. The molecule has 0 aliphatic carbocycles. The standard InChI is InChI=1S/C26H17Cl4FN2O5/c1-10-4-5-11(8-14(10)31)32-22(13-9-12(37-2)6-7-15(13)38-3)23(26(32)36)33-24(34)16-17(25(33)35)19(28)21(30)20(29)18(16)27/h4-9,22-23H,1-3H3/t22-,23+/m1/s1. The van der Waals surface area contributed by atoms with Crippen LogP contribution in [0.3, 0.4) is 0 Å². The van der Waals surface area contributed by atoms with Crippen LogP contribution < -0.4 is 14.4 Å². The van der Waals surface area contributed by atoms with Crippen LogP contribution in [0.1, 0.15) is 37.9 Å². The number of hydrogen-bond donors (Lipinski definition) is 0. The lowest BCUT2D eigenvalue weighted by Crippen LogP contribution is -2.67. The average molecular weight is 598 g/mol. The lowest BCUT2D eigenvalue weighted by molar-refractivity contribution is -0.130. The van der Waals surface area contributed by atoms with E-state index in [2.05, 4.69) is 0 Å². The first kappa shape index (κ1) is 26.6. The van der Waals surface area contributed by atoms with Gasteiger partial charge in [-0.3, -0.25) is 19.3 Å². The van der Waals surface area contributed by atoms with Gasteiger partial charge in [-0.05, 0) is 42.8 Å². The number of benzene rings is 3. The van der Waals surface area contributed by atoms with Crippen LogP contribution in [-0.4, -0.2) is 42.9 Å². The summed E-state index contributed by atoms with van der Waals surface area (Å²) in [7, 11) is 2.89. The van der Waals surface area contributed by atoms with Gasteiger partial charge in [0.2, 0.25) is 0 Å². The van der Waals surface area contributed by atoms with Gasteiger partial charge in [0.15, 0.2) is 0 Å². The van der Waals surface area contributed by atoms with E-state index >= 15 is 0 Å². The van der Waals surface area contributed by atoms with Crippen molar-refractivity contribution < 1.29 is 28.2 Å². The van der Waals surface area contributed by atoms with Gasteiger partial charge in [-0.15, -0.1) is 0 Å². The van der Waals surface area contributed by atoms with Gasteiger partial charge in [-0.1, -0.05) is 52.5 Å². The summed E-state index contributed by atoms with van der Waals surface area (Å²) < 4.78 is 25.4. The van der Waals surface area contributed by atoms with Crippen LogP contribution >= 0.6 is 46.4 Å². The van der Waals surface area contributed by atoms with Crippen molar-refractivity contribution in [3.05, 3.63) is 84.6 Å². The highest BCUT2D eigenvalue weighted by molar-refractivity contribution is 6.55. The minimum absolute atomic E-state index is 0.192. The third-order valence-electron chi connectivity index (χ3n) is 6.67. The van der Waals surface area contributed by atoms with Gasteiger partial charge >= 0.3 is 0 Å². The Balaban J connectivity index is 1.69. The summed E-state index contributed by atoms with van der Waals surface area (Å²) >= 11 is 24.9. The molecule has 196 valence electrons. The van der Waals surface area contributed by atoms with Crippen LogP contribution in [0.4, 0.5) is 10.1 Å². The number of carbonyl (C=O) groups excluding carboxylic acids is 3. The number of nitrogens with zero attached hydrogens (tertiary/aromatic N) is 2. The highest BCUT2D eigenvalue weighted by Crippen LogP contribution is 2.50. The Labute approximate surface area is 236 Å². The largest absolute Gasteiger partial charge is 0.497 e. The number of halogens is 5. The smallest absolute Gasteiger partial charge is 0.264 e. The van der Waals surface area contributed by atoms with Gasteiger partial charge in [-0.25, -0.2) is 4.39 Å². The molecule has 1 fully saturated rings. The van der Waals surface area contributed by atoms with Gasteiger partial charge < -0.3 is 14.4 Å². The van der Waals surface area contributed by atoms with E-state index in [0.29, 0.717) is 22.6 Å². The number of fused-ring (bicyclic) bond motifs is 1. The quantitative estimate of drug-likeness (QED) is 0.145. The molecule has 5 rings (SSSR count). The van der Waals surface area contributed by atoms with Crippen LogP contribution in [0.2, 0.25) is 20.1 Å². The van der Waals surface area contributed by atoms with Crippen molar-refractivity contribution in [3.63, 3.8) is 0 Å². The molecule has 2 aliphatic rings. The molecule has 3 amide bonds. The summed E-state index contributed by atoms with van der Waals surface area (Å²) in [5.41, 5.74) is 0.525. The lowest BCUT2D eigenvalue weighted by atomic mass is 9.85. The SMILES string of the molecule is COc1ccc(OC)c([C@@H]2[C@H](N3C(=O)c4c(Cl)c(Cl)c(Cl)c(Cl)c4C3=O)C(=O)N2c2ccc(C)c(F)c2)c1. The normalized spacial score (nSPS) is 18.6. The number of aryl methyl sites for hydroxylation is 1. The number of hydrogen-bond acceptors (Lipinski definition) is 5. The van der Waals surface area contributed by atoms with Gasteiger partial charge in [0.05, 0.1) is 51.5 Å². The molecule has 0 aromatic heterocycles. The van der Waals surface area contributed by atoms with E-state index in [9.17, 15) is 18.8 Å². The number of imide groups is 1. The van der Waals surface area contributed by atoms with Crippen molar-refractivity contribution in [2.45, 2.75) is 19.0 Å². The summed E-state index contributed by atoms with van der Waals surface area (Å²) in [5, 5.41) is -0.890. The summed E-state index contributed by atoms with van der Waals surface area (Å²) in [5.74, 6) is -2.11. The molecule has 0 bridgehead atoms. The zero-order chi connectivity index (χ0) is 27.6. The molecule has 38 heavy (non-hydrogen) atoms. The van der Waals surface area contributed by atoms with Crippen molar-refractivity contribution in [3.8, 4) is 11.5 Å². The molecule has 2 aliphatic heterocycles. The number of anilines is 1. The third-order valence-corrected chi connectivity index (χ3v) is 8.47. The molecule has 0 saturated carbocycles. The molecule has 1 saturated heterocycles. The first-order valence-electron chi connectivity index (χ1n) is 11.1. The second kappa shape index (κ2) is 9.61. The van der Waals surface area contributed by atoms with E-state index in [1.807, 2.05) is 0 Å². The second-order valence-corrected chi connectivity index (χ2v) is 10.1. The fourth-order valence-electron chi connectivity index (χ4n) is 4.74. The number of carbonyl (C=O) groups is 3. The van der Waals surface area contributed by atoms with Gasteiger partial charge in [0.1, 0.15) is 23.4 Å². The predicted molar refractivity (Wildman–Crippen MR) is 142 cm³/mol. The maximum Gasteiger partial charge on any atom is 0.264 e. The van der Waals surface area contributed by atoms with Crippen molar-refractivity contribution in [1.29, 1.82) is 0 Å². The highest BCUT2D eigenvalue weighted by atomic mass is 35.5. The van der Waals surface area contributed by atoms with Crippen LogP contribution in [0, 0.1) is 12.7 Å².